The van der Waals surface area contributed by atoms with E-state index in [4.69, 9.17) is 9.47 Å². The van der Waals surface area contributed by atoms with Crippen LogP contribution < -0.4 is 35.1 Å². The fraction of sp³-hybridized carbons (Fsp3) is 0.595. The van der Waals surface area contributed by atoms with Gasteiger partial charge in [0.25, 0.3) is 5.91 Å². The van der Waals surface area contributed by atoms with Gasteiger partial charge in [-0.1, -0.05) is 26.0 Å². The first kappa shape index (κ1) is 42.1. The highest BCUT2D eigenvalue weighted by Crippen LogP contribution is 2.48. The van der Waals surface area contributed by atoms with Crippen molar-refractivity contribution in [3.8, 4) is 17.4 Å². The monoisotopic (exact) mass is 858 g/mol. The van der Waals surface area contributed by atoms with Gasteiger partial charge in [-0.2, -0.15) is 13.2 Å². The molecule has 3 fully saturated rings. The van der Waals surface area contributed by atoms with Gasteiger partial charge < -0.3 is 29.2 Å². The number of allylic oxidation sites excluding steroid dienone is 1. The van der Waals surface area contributed by atoms with E-state index < -0.39 is 93.2 Å². The molecule has 2 saturated carbocycles. The van der Waals surface area contributed by atoms with E-state index in [0.717, 1.165) is 4.90 Å². The summed E-state index contributed by atoms with van der Waals surface area (Å²) in [5.41, 5.74) is 2.88. The van der Waals surface area contributed by atoms with Gasteiger partial charge in [-0.25, -0.2) is 23.6 Å². The average molecular weight is 859 g/mol. The second-order valence-corrected chi connectivity index (χ2v) is 17.8. The van der Waals surface area contributed by atoms with Crippen LogP contribution in [-0.2, 0) is 29.1 Å². The van der Waals surface area contributed by atoms with Gasteiger partial charge in [-0.3, -0.25) is 24.5 Å². The molecule has 8 atom stereocenters. The molecular formula is C37H43F5N6O10S. The van der Waals surface area contributed by atoms with E-state index in [1.165, 1.54) is 24.4 Å². The third-order valence-corrected chi connectivity index (χ3v) is 13.1. The Morgan fingerprint density at radius 3 is 2.53 bits per heavy atom. The largest absolute Gasteiger partial charge is 0.586 e. The number of hydrogen-bond acceptors (Lipinski definition) is 12. The molecule has 2 aliphatic carbocycles. The lowest BCUT2D eigenvalue weighted by atomic mass is 9.88. The summed E-state index contributed by atoms with van der Waals surface area (Å²) in [7, 11) is -4.02. The molecule has 3 aliphatic heterocycles. The van der Waals surface area contributed by atoms with E-state index in [9.17, 15) is 49.5 Å². The quantitative estimate of drug-likeness (QED) is 0.169. The summed E-state index contributed by atoms with van der Waals surface area (Å²) in [5.74, 6) is -4.32. The third kappa shape index (κ3) is 8.97. The molecule has 0 unspecified atom stereocenters. The summed E-state index contributed by atoms with van der Waals surface area (Å²) in [6, 6.07) is 1.34. The molecule has 4 heterocycles. The van der Waals surface area contributed by atoms with Crippen molar-refractivity contribution in [3.05, 3.63) is 36.5 Å². The molecule has 322 valence electrons. The lowest BCUT2D eigenvalue weighted by Crippen LogP contribution is -2.60. The Kier molecular flexibility index (Phi) is 11.1. The first-order chi connectivity index (χ1) is 27.7. The van der Waals surface area contributed by atoms with Gasteiger partial charge in [0.2, 0.25) is 27.7 Å². The van der Waals surface area contributed by atoms with Gasteiger partial charge >= 0.3 is 18.6 Å². The van der Waals surface area contributed by atoms with Crippen LogP contribution in [0.5, 0.6) is 17.4 Å². The highest BCUT2D eigenvalue weighted by atomic mass is 32.2. The minimum atomic E-state index is -4.86. The molecule has 7 rings (SSSR count). The topological polar surface area (TPSA) is 204 Å². The van der Waals surface area contributed by atoms with Crippen molar-refractivity contribution in [2.45, 2.75) is 113 Å². The summed E-state index contributed by atoms with van der Waals surface area (Å²) < 4.78 is 115. The van der Waals surface area contributed by atoms with Gasteiger partial charge in [0.15, 0.2) is 17.6 Å². The first-order valence-electron chi connectivity index (χ1n) is 19.2. The third-order valence-electron chi connectivity index (χ3n) is 11.2. The highest BCUT2D eigenvalue weighted by Gasteiger charge is 2.62. The second-order valence-electron chi connectivity index (χ2n) is 15.9. The molecule has 2 aromatic rings. The molecule has 1 saturated heterocycles. The lowest BCUT2D eigenvalue weighted by Gasteiger charge is -2.33. The number of alkyl halides is 5. The molecule has 59 heavy (non-hydrogen) atoms. The number of aromatic nitrogens is 1. The van der Waals surface area contributed by atoms with Crippen molar-refractivity contribution in [1.82, 2.24) is 30.8 Å². The van der Waals surface area contributed by atoms with Crippen molar-refractivity contribution >= 4 is 44.6 Å². The van der Waals surface area contributed by atoms with Crippen molar-refractivity contribution in [2.75, 3.05) is 6.54 Å². The van der Waals surface area contributed by atoms with E-state index >= 15 is 0 Å². The molecule has 0 bridgehead atoms. The van der Waals surface area contributed by atoms with Gasteiger partial charge in [-0.05, 0) is 75.5 Å². The van der Waals surface area contributed by atoms with Gasteiger partial charge in [0, 0.05) is 29.3 Å². The summed E-state index contributed by atoms with van der Waals surface area (Å²) >= 11 is 0. The number of sulfonamides is 1. The predicted molar refractivity (Wildman–Crippen MR) is 195 cm³/mol. The first-order valence-corrected chi connectivity index (χ1v) is 20.7. The second kappa shape index (κ2) is 15.6. The van der Waals surface area contributed by atoms with E-state index in [0.29, 0.717) is 39.0 Å². The number of rotatable bonds is 8. The number of carbonyl (C=O) groups is 4. The van der Waals surface area contributed by atoms with Crippen LogP contribution in [0.25, 0.3) is 10.8 Å². The van der Waals surface area contributed by atoms with Crippen LogP contribution in [0.2, 0.25) is 0 Å². The van der Waals surface area contributed by atoms with Crippen LogP contribution in [0.3, 0.4) is 0 Å². The van der Waals surface area contributed by atoms with E-state index in [1.807, 2.05) is 18.4 Å². The number of halogens is 5. The maximum absolute atomic E-state index is 14.7. The molecular weight excluding hydrogens is 815 g/mol. The van der Waals surface area contributed by atoms with Crippen molar-refractivity contribution in [3.63, 3.8) is 0 Å². The SMILES string of the molecule is C[C@@H]1CC/C=C\[C@@H]2C[C@@]2(C(=O)NS(=O)(=O)C2CC2)NC(=O)[C@@H]2C[C@@H](Oc3nccc4c5c(ccc34)OC(F)(F)O5)CN2C(=O)[C@@H](NNC(=O)O[C@H](C)C(F)(F)F)[C@H](C)C1. The summed E-state index contributed by atoms with van der Waals surface area (Å²) in [5, 5.41) is 2.39. The van der Waals surface area contributed by atoms with E-state index in [-0.39, 0.29) is 53.5 Å². The van der Waals surface area contributed by atoms with Gasteiger partial charge in [0.05, 0.1) is 11.8 Å². The average Bonchev–Trinajstić information content (AvgIpc) is 4.05. The minimum absolute atomic E-state index is 0.0385. The minimum Gasteiger partial charge on any atom is -0.472 e. The zero-order valence-corrected chi connectivity index (χ0v) is 32.8. The molecule has 4 N–H and O–H groups in total. The number of ether oxygens (including phenoxy) is 4. The standard InChI is InChI=1S/C37H43F5N6O10S/c1-18-6-4-5-7-21-16-35(21,33(51)47-59(53,54)23-8-9-23)44-30(49)26-15-22(56-31-25-10-11-27-29(24(25)12-13-43-31)58-37(41,42)57-27)17-48(26)32(50)28(19(2)14-18)45-46-34(52)55-20(3)36(38,39)40/h5,7,10-13,18-23,26,28,45H,4,6,8-9,14-17H2,1-3H3,(H,44,49)(H,46,52)(H,47,51)/b7-5-/t18-,19-,20-,21-,22-,26+,28+,35-/m1/s1. The molecule has 0 radical (unpaired) electrons. The van der Waals surface area contributed by atoms with Crippen LogP contribution in [0.4, 0.5) is 26.7 Å². The van der Waals surface area contributed by atoms with Crippen molar-refractivity contribution < 1.29 is 68.5 Å². The molecule has 1 aromatic heterocycles. The Labute approximate surface area is 334 Å². The van der Waals surface area contributed by atoms with Crippen LogP contribution in [0.1, 0.15) is 65.7 Å². The van der Waals surface area contributed by atoms with E-state index in [2.05, 4.69) is 29.9 Å². The maximum Gasteiger partial charge on any atom is 0.586 e. The number of nitrogens with one attached hydrogen (secondary N) is 4. The van der Waals surface area contributed by atoms with Gasteiger partial charge in [0.1, 0.15) is 23.7 Å². The summed E-state index contributed by atoms with van der Waals surface area (Å²) in [6.07, 6.45) is -6.80. The zero-order chi connectivity index (χ0) is 42.7. The highest BCUT2D eigenvalue weighted by molar-refractivity contribution is 7.91. The van der Waals surface area contributed by atoms with Gasteiger partial charge in [-0.15, -0.1) is 8.78 Å². The number of carbonyl (C=O) groups excluding carboxylic acids is 4. The van der Waals surface area contributed by atoms with E-state index in [1.54, 1.807) is 13.0 Å². The Balaban J connectivity index is 1.20. The Morgan fingerprint density at radius 2 is 1.81 bits per heavy atom. The van der Waals surface area contributed by atoms with Crippen LogP contribution in [0, 0.1) is 17.8 Å². The molecule has 16 nitrogen and oxygen atoms in total. The molecule has 1 aromatic carbocycles. The normalized spacial score (nSPS) is 30.5. The summed E-state index contributed by atoms with van der Waals surface area (Å²) in [4.78, 5) is 60.7. The van der Waals surface area contributed by atoms with Crippen molar-refractivity contribution in [2.24, 2.45) is 17.8 Å². The van der Waals surface area contributed by atoms with Crippen LogP contribution in [-0.4, -0.2) is 96.2 Å². The number of hydrazine groups is 1. The number of benzene rings is 1. The maximum atomic E-state index is 14.7. The summed E-state index contributed by atoms with van der Waals surface area (Å²) in [6.45, 7) is 3.94. The number of hydrogen-bond donors (Lipinski definition) is 4. The number of nitrogens with zero attached hydrogens (tertiary/aromatic N) is 2. The number of pyridine rings is 1. The van der Waals surface area contributed by atoms with Crippen molar-refractivity contribution in [1.29, 1.82) is 0 Å². The molecule has 4 amide bonds. The van der Waals surface area contributed by atoms with Crippen LogP contribution in [0.15, 0.2) is 36.5 Å². The molecule has 0 spiro atoms. The number of fused-ring (bicyclic) bond motifs is 5. The Morgan fingerprint density at radius 1 is 1.07 bits per heavy atom. The fourth-order valence-corrected chi connectivity index (χ4v) is 9.14. The molecule has 22 heteroatoms. The fourth-order valence-electron chi connectivity index (χ4n) is 7.78. The molecule has 5 aliphatic rings. The lowest BCUT2D eigenvalue weighted by molar-refractivity contribution is -0.286. The Hall–Kier alpha value is -4.99. The zero-order valence-electron chi connectivity index (χ0n) is 32.0. The Bertz CT molecular complexity index is 2160. The predicted octanol–water partition coefficient (Wildman–Crippen LogP) is 3.95. The number of amides is 4. The van der Waals surface area contributed by atoms with Crippen LogP contribution >= 0.6 is 0 Å². The smallest absolute Gasteiger partial charge is 0.472 e.